The molecule has 0 N–H and O–H groups in total. The fraction of sp³-hybridized carbons (Fsp3) is 0.542. The summed E-state index contributed by atoms with van der Waals surface area (Å²) in [5.41, 5.74) is 0.942. The fourth-order valence-corrected chi connectivity index (χ4v) is 6.29. The Morgan fingerprint density at radius 2 is 2.03 bits per heavy atom. The molecule has 1 aromatic rings. The summed E-state index contributed by atoms with van der Waals surface area (Å²) in [7, 11) is -3.07. The van der Waals surface area contributed by atoms with E-state index < -0.39 is 9.84 Å². The van der Waals surface area contributed by atoms with Crippen molar-refractivity contribution in [2.24, 2.45) is 4.99 Å². The van der Waals surface area contributed by atoms with E-state index in [0.717, 1.165) is 16.3 Å². The zero-order chi connectivity index (χ0) is 24.9. The summed E-state index contributed by atoms with van der Waals surface area (Å²) >= 11 is 6.37. The molecule has 188 valence electrons. The molecule has 2 saturated heterocycles. The number of aliphatic imine (C=N–C) groups is 1. The van der Waals surface area contributed by atoms with Crippen molar-refractivity contribution in [3.8, 4) is 0 Å². The molecular weight excluding hydrogens is 490 g/mol. The van der Waals surface area contributed by atoms with E-state index in [-0.39, 0.29) is 41.2 Å². The van der Waals surface area contributed by atoms with E-state index >= 15 is 0 Å². The van der Waals surface area contributed by atoms with E-state index in [1.165, 1.54) is 6.26 Å². The van der Waals surface area contributed by atoms with Crippen LogP contribution in [0.15, 0.2) is 23.3 Å². The second-order valence-corrected chi connectivity index (χ2v) is 12.6. The van der Waals surface area contributed by atoms with Crippen molar-refractivity contribution in [2.45, 2.75) is 56.4 Å². The van der Waals surface area contributed by atoms with Gasteiger partial charge in [-0.25, -0.2) is 13.2 Å². The highest BCUT2D eigenvalue weighted by atomic mass is 35.5. The first kappa shape index (κ1) is 24.1. The lowest BCUT2D eigenvalue weighted by Gasteiger charge is -2.44. The second-order valence-electron chi connectivity index (χ2n) is 9.75. The maximum Gasteiger partial charge on any atom is 0.321 e. The van der Waals surface area contributed by atoms with E-state index in [1.54, 1.807) is 18.0 Å². The van der Waals surface area contributed by atoms with Crippen molar-refractivity contribution in [1.82, 2.24) is 19.3 Å². The number of amides is 3. The van der Waals surface area contributed by atoms with E-state index in [4.69, 9.17) is 11.6 Å². The number of halogens is 1. The Bertz CT molecular complexity index is 1330. The van der Waals surface area contributed by atoms with Gasteiger partial charge < -0.3 is 19.3 Å². The Balaban J connectivity index is 1.43. The highest BCUT2D eigenvalue weighted by Crippen LogP contribution is 2.32. The predicted octanol–water partition coefficient (Wildman–Crippen LogP) is 0.299. The molecule has 3 amide bonds. The first-order valence-corrected chi connectivity index (χ1v) is 14.4. The number of nitrogens with zero attached hydrogens (tertiary/aromatic N) is 5. The van der Waals surface area contributed by atoms with Gasteiger partial charge in [-0.2, -0.15) is 0 Å². The lowest BCUT2D eigenvalue weighted by molar-refractivity contribution is -0.135. The molecule has 5 rings (SSSR count). The van der Waals surface area contributed by atoms with Crippen LogP contribution in [0.5, 0.6) is 0 Å². The molecule has 0 radical (unpaired) electrons. The van der Waals surface area contributed by atoms with Crippen LogP contribution in [0.2, 0.25) is 0 Å². The van der Waals surface area contributed by atoms with Crippen molar-refractivity contribution in [3.05, 3.63) is 34.6 Å². The first-order chi connectivity index (χ1) is 16.6. The summed E-state index contributed by atoms with van der Waals surface area (Å²) in [6, 6.07) is 1.63. The van der Waals surface area contributed by atoms with E-state index in [2.05, 4.69) is 21.7 Å². The zero-order valence-corrected chi connectivity index (χ0v) is 21.5. The van der Waals surface area contributed by atoms with Crippen LogP contribution in [0.3, 0.4) is 0 Å². The molecule has 3 aliphatic heterocycles. The Morgan fingerprint density at radius 3 is 2.74 bits per heavy atom. The van der Waals surface area contributed by atoms with Gasteiger partial charge in [-0.1, -0.05) is 12.2 Å². The molecule has 1 aliphatic carbocycles. The number of sulfone groups is 1. The summed E-state index contributed by atoms with van der Waals surface area (Å²) in [6.45, 7) is 3.54. The number of hydrogen-bond acceptors (Lipinski definition) is 5. The monoisotopic (exact) mass is 519 g/mol. The topological polar surface area (TPSA) is 95.3 Å². The fourth-order valence-electron chi connectivity index (χ4n) is 5.41. The van der Waals surface area contributed by atoms with Gasteiger partial charge in [0.05, 0.1) is 35.8 Å². The molecule has 3 unspecified atom stereocenters. The lowest BCUT2D eigenvalue weighted by Crippen LogP contribution is -2.62. The van der Waals surface area contributed by atoms with Gasteiger partial charge in [-0.15, -0.1) is 11.6 Å². The Kier molecular flexibility index (Phi) is 6.29. The zero-order valence-electron chi connectivity index (χ0n) is 19.9. The van der Waals surface area contributed by atoms with Gasteiger partial charge in [0.1, 0.15) is 9.84 Å². The standard InChI is InChI=1S/C24H30ClN5O4S/c1-16(31)27-13-20(14-27)30-22-6-7-26-12-23(22)29(24(30)32)15-19-11-17-10-18(25)4-5-21(17)28(19)8-3-9-35(2,33)34/h5-7,10-12,18,20,22-23H,3-4,8-9,13-15H2,1-2H3. The number of hydrogen-bond donors (Lipinski definition) is 0. The molecule has 35 heavy (non-hydrogen) atoms. The molecule has 4 heterocycles. The van der Waals surface area contributed by atoms with E-state index in [1.807, 2.05) is 28.2 Å². The summed E-state index contributed by atoms with van der Waals surface area (Å²) in [5, 5.41) is 1.95. The highest BCUT2D eigenvalue weighted by Gasteiger charge is 2.50. The van der Waals surface area contributed by atoms with Crippen LogP contribution >= 0.6 is 11.6 Å². The summed E-state index contributed by atoms with van der Waals surface area (Å²) in [4.78, 5) is 35.1. The third-order valence-electron chi connectivity index (χ3n) is 7.19. The Morgan fingerprint density at radius 1 is 1.26 bits per heavy atom. The summed E-state index contributed by atoms with van der Waals surface area (Å²) in [6.07, 6.45) is 12.0. The molecule has 11 heteroatoms. The number of likely N-dealkylation sites (tertiary alicyclic amines) is 1. The normalized spacial score (nSPS) is 25.7. The average molecular weight is 520 g/mol. The number of aromatic nitrogens is 1. The second kappa shape index (κ2) is 9.13. The van der Waals surface area contributed by atoms with Crippen LogP contribution in [0, 0.1) is 0 Å². The van der Waals surface area contributed by atoms with Gasteiger partial charge in [0.2, 0.25) is 5.91 Å². The van der Waals surface area contributed by atoms with Crippen molar-refractivity contribution < 1.29 is 18.0 Å². The molecule has 0 spiro atoms. The number of fused-ring (bicyclic) bond motifs is 2. The maximum absolute atomic E-state index is 13.7. The number of urea groups is 1. The third-order valence-corrected chi connectivity index (χ3v) is 8.52. The molecule has 0 saturated carbocycles. The van der Waals surface area contributed by atoms with Gasteiger partial charge >= 0.3 is 6.03 Å². The van der Waals surface area contributed by atoms with Crippen LogP contribution in [0.1, 0.15) is 25.5 Å². The molecule has 4 aliphatic rings. The lowest BCUT2D eigenvalue weighted by atomic mass is 10.0. The molecule has 0 bridgehead atoms. The molecule has 1 aromatic heterocycles. The van der Waals surface area contributed by atoms with E-state index in [9.17, 15) is 18.0 Å². The minimum Gasteiger partial charge on any atom is -0.343 e. The number of alkyl halides is 1. The smallest absolute Gasteiger partial charge is 0.321 e. The predicted molar refractivity (Wildman–Crippen MR) is 135 cm³/mol. The maximum atomic E-state index is 13.7. The van der Waals surface area contributed by atoms with Gasteiger partial charge in [0.25, 0.3) is 0 Å². The highest BCUT2D eigenvalue weighted by molar-refractivity contribution is 7.90. The van der Waals surface area contributed by atoms with Crippen LogP contribution in [-0.4, -0.2) is 94.4 Å². The molecular formula is C24H30ClN5O4S. The van der Waals surface area contributed by atoms with Crippen molar-refractivity contribution in [3.63, 3.8) is 0 Å². The average Bonchev–Trinajstić information content (AvgIpc) is 3.21. The van der Waals surface area contributed by atoms with Gasteiger partial charge in [0, 0.05) is 56.3 Å². The third kappa shape index (κ3) is 4.65. The first-order valence-electron chi connectivity index (χ1n) is 11.9. The van der Waals surface area contributed by atoms with Crippen LogP contribution in [-0.2, 0) is 27.7 Å². The molecule has 9 nitrogen and oxygen atoms in total. The van der Waals surface area contributed by atoms with Crippen LogP contribution in [0.4, 0.5) is 4.79 Å². The largest absolute Gasteiger partial charge is 0.343 e. The number of carbonyl (C=O) groups excluding carboxylic acids is 2. The number of rotatable bonds is 7. The SMILES string of the molecule is CC(=O)N1CC(N2C(=O)N(Cc3cc4c(n3CCCS(C)(=O)=O)=CCC(Cl)C=4)C3C=NC=CC32)C1. The molecule has 0 aromatic carbocycles. The minimum atomic E-state index is -3.07. The van der Waals surface area contributed by atoms with Crippen LogP contribution in [0.25, 0.3) is 12.2 Å². The molecule has 3 atom stereocenters. The van der Waals surface area contributed by atoms with Crippen molar-refractivity contribution in [1.29, 1.82) is 0 Å². The van der Waals surface area contributed by atoms with Crippen molar-refractivity contribution in [2.75, 3.05) is 25.1 Å². The summed E-state index contributed by atoms with van der Waals surface area (Å²) in [5.74, 6) is 0.123. The minimum absolute atomic E-state index is 0.0182. The van der Waals surface area contributed by atoms with Crippen LogP contribution < -0.4 is 10.6 Å². The van der Waals surface area contributed by atoms with Gasteiger partial charge in [0.15, 0.2) is 0 Å². The Hall–Kier alpha value is -2.59. The summed E-state index contributed by atoms with van der Waals surface area (Å²) < 4.78 is 25.5. The quantitative estimate of drug-likeness (QED) is 0.484. The Labute approximate surface area is 209 Å². The van der Waals surface area contributed by atoms with Gasteiger partial charge in [-0.3, -0.25) is 9.79 Å². The van der Waals surface area contributed by atoms with Crippen molar-refractivity contribution >= 4 is 51.7 Å². The molecule has 2 fully saturated rings. The number of carbonyl (C=O) groups is 2. The van der Waals surface area contributed by atoms with E-state index in [0.29, 0.717) is 39.0 Å². The van der Waals surface area contributed by atoms with Gasteiger partial charge in [-0.05, 0) is 30.2 Å².